The quantitative estimate of drug-likeness (QED) is 0.360. The molecule has 2 fully saturated rings. The van der Waals surface area contributed by atoms with E-state index in [0.717, 1.165) is 45.0 Å². The minimum Gasteiger partial charge on any atom is -0.386 e. The van der Waals surface area contributed by atoms with E-state index in [1.54, 1.807) is 23.6 Å². The van der Waals surface area contributed by atoms with Crippen molar-refractivity contribution in [2.24, 2.45) is 0 Å². The van der Waals surface area contributed by atoms with Crippen LogP contribution in [0.4, 0.5) is 5.82 Å². The Hall–Kier alpha value is -3.01. The van der Waals surface area contributed by atoms with E-state index in [4.69, 9.17) is 14.7 Å². The molecule has 2 saturated heterocycles. The summed E-state index contributed by atoms with van der Waals surface area (Å²) >= 11 is 1.67. The summed E-state index contributed by atoms with van der Waals surface area (Å²) in [7, 11) is -3.17. The van der Waals surface area contributed by atoms with Crippen LogP contribution in [0.1, 0.15) is 9.67 Å². The lowest BCUT2D eigenvalue weighted by molar-refractivity contribution is 0.0808. The predicted octanol–water partition coefficient (Wildman–Crippen LogP) is 1.25. The number of aliphatic hydroxyl groups is 1. The van der Waals surface area contributed by atoms with Crippen LogP contribution in [0.3, 0.4) is 0 Å². The number of piperazine rings is 1. The number of benzene rings is 1. The minimum absolute atomic E-state index is 0.489. The van der Waals surface area contributed by atoms with Crippen LogP contribution in [0.2, 0.25) is 0 Å². The molecule has 1 N–H and O–H groups in total. The molecule has 12 nitrogen and oxygen atoms in total. The lowest BCUT2D eigenvalue weighted by Gasteiger charge is -2.32. The Kier molecular flexibility index (Phi) is 7.07. The number of carbonyl (C=O) groups excluding carboxylic acids is 1. The van der Waals surface area contributed by atoms with E-state index in [9.17, 15) is 18.3 Å². The fourth-order valence-electron chi connectivity index (χ4n) is 5.10. The van der Waals surface area contributed by atoms with Crippen LogP contribution in [0.5, 0.6) is 0 Å². The number of anilines is 1. The van der Waals surface area contributed by atoms with Crippen LogP contribution in [-0.2, 0) is 21.3 Å². The highest BCUT2D eigenvalue weighted by atomic mass is 32.2. The number of aromatic nitrogens is 4. The van der Waals surface area contributed by atoms with Gasteiger partial charge >= 0.3 is 0 Å². The van der Waals surface area contributed by atoms with E-state index in [-0.39, 0.29) is 0 Å². The lowest BCUT2D eigenvalue weighted by Crippen LogP contribution is -2.47. The number of nitrogens with zero attached hydrogens (tertiary/aromatic N) is 7. The molecule has 0 atom stereocenters. The largest absolute Gasteiger partial charge is 0.386 e. The summed E-state index contributed by atoms with van der Waals surface area (Å²) in [5, 5.41) is 14.3. The molecule has 2 aliphatic rings. The molecule has 0 radical (unpaired) electrons. The number of sulfonamides is 1. The van der Waals surface area contributed by atoms with Gasteiger partial charge in [-0.3, -0.25) is 9.69 Å². The number of hydrogen-bond donors (Lipinski definition) is 1. The van der Waals surface area contributed by atoms with Crippen molar-refractivity contribution >= 4 is 54.2 Å². The molecule has 4 aromatic rings. The average Bonchev–Trinajstić information content (AvgIpc) is 3.56. The first-order valence-electron chi connectivity index (χ1n) is 12.7. The van der Waals surface area contributed by atoms with Crippen LogP contribution in [0.25, 0.3) is 32.5 Å². The van der Waals surface area contributed by atoms with Crippen molar-refractivity contribution in [3.05, 3.63) is 35.3 Å². The highest BCUT2D eigenvalue weighted by molar-refractivity contribution is 7.88. The third-order valence-electron chi connectivity index (χ3n) is 7.12. The zero-order valence-corrected chi connectivity index (χ0v) is 23.1. The molecule has 14 heteroatoms. The van der Waals surface area contributed by atoms with Gasteiger partial charge in [-0.05, 0) is 12.1 Å². The summed E-state index contributed by atoms with van der Waals surface area (Å²) in [5.74, 6) is 0.886. The average molecular weight is 572 g/mol. The molecule has 39 heavy (non-hydrogen) atoms. The second kappa shape index (κ2) is 10.5. The zero-order chi connectivity index (χ0) is 27.1. The van der Waals surface area contributed by atoms with E-state index >= 15 is 0 Å². The maximum Gasteiger partial charge on any atom is 0.273 e. The number of aliphatic hydroxyl groups excluding tert-OH is 1. The van der Waals surface area contributed by atoms with Crippen LogP contribution in [0.15, 0.2) is 30.5 Å². The number of fused-ring (bicyclic) bond motifs is 2. The molecule has 5 heterocycles. The van der Waals surface area contributed by atoms with Gasteiger partial charge < -0.3 is 14.7 Å². The van der Waals surface area contributed by atoms with Gasteiger partial charge in [-0.15, -0.1) is 11.3 Å². The second-order valence-corrected chi connectivity index (χ2v) is 12.8. The van der Waals surface area contributed by atoms with Crippen molar-refractivity contribution in [2.75, 3.05) is 70.2 Å². The first kappa shape index (κ1) is 26.2. The number of ether oxygens (including phenoxy) is 1. The van der Waals surface area contributed by atoms with Crippen molar-refractivity contribution < 1.29 is 23.1 Å². The molecule has 2 aliphatic heterocycles. The number of hydrogen-bond acceptors (Lipinski definition) is 11. The van der Waals surface area contributed by atoms with E-state index < -0.39 is 22.5 Å². The molecule has 6 rings (SSSR count). The summed E-state index contributed by atoms with van der Waals surface area (Å²) < 4.78 is 33.1. The topological polar surface area (TPSA) is 134 Å². The molecule has 1 aromatic carbocycles. The van der Waals surface area contributed by atoms with Crippen LogP contribution >= 0.6 is 11.3 Å². The van der Waals surface area contributed by atoms with Gasteiger partial charge in [0.1, 0.15) is 6.61 Å². The first-order valence-corrected chi connectivity index (χ1v) is 15.4. The summed E-state index contributed by atoms with van der Waals surface area (Å²) in [6.45, 7) is 5.09. The van der Waals surface area contributed by atoms with E-state index in [1.807, 2.05) is 12.1 Å². The van der Waals surface area contributed by atoms with Crippen molar-refractivity contribution in [3.8, 4) is 11.4 Å². The van der Waals surface area contributed by atoms with Gasteiger partial charge in [0.05, 0.1) is 41.4 Å². The normalized spacial score (nSPS) is 17.8. The molecule has 0 amide bonds. The molecule has 0 saturated carbocycles. The molecular weight excluding hydrogens is 542 g/mol. The number of rotatable bonds is 6. The maximum atomic E-state index is 12.2. The Balaban J connectivity index is 1.38. The van der Waals surface area contributed by atoms with Gasteiger partial charge in [-0.1, -0.05) is 12.1 Å². The number of carbonyl (C=O) groups is 1. The summed E-state index contributed by atoms with van der Waals surface area (Å²) in [5.41, 5.74) is 2.18. The minimum atomic E-state index is -3.17. The van der Waals surface area contributed by atoms with Crippen molar-refractivity contribution in [1.82, 2.24) is 29.0 Å². The van der Waals surface area contributed by atoms with Gasteiger partial charge in [0.2, 0.25) is 10.0 Å². The Morgan fingerprint density at radius 3 is 2.59 bits per heavy atom. The highest BCUT2D eigenvalue weighted by Gasteiger charge is 2.25. The SMILES string of the molecule is CS(=O)(=O)N1CCN(Cc2cc3nc(-c4cccc5c4cnn5C(=O)CO)nc(N4CCOCC4)c3s2)CC1. The van der Waals surface area contributed by atoms with Gasteiger partial charge in [0.25, 0.3) is 5.91 Å². The molecule has 0 bridgehead atoms. The third kappa shape index (κ3) is 5.15. The van der Waals surface area contributed by atoms with Crippen molar-refractivity contribution in [2.45, 2.75) is 6.54 Å². The van der Waals surface area contributed by atoms with Gasteiger partial charge in [0, 0.05) is 61.6 Å². The molecule has 0 spiro atoms. The lowest BCUT2D eigenvalue weighted by atomic mass is 10.1. The Morgan fingerprint density at radius 1 is 1.10 bits per heavy atom. The molecular formula is C25H29N7O5S2. The van der Waals surface area contributed by atoms with Crippen molar-refractivity contribution in [3.63, 3.8) is 0 Å². The molecule has 0 unspecified atom stereocenters. The molecule has 0 aliphatic carbocycles. The number of thiophene rings is 1. The van der Waals surface area contributed by atoms with Gasteiger partial charge in [-0.25, -0.2) is 18.4 Å². The molecule has 3 aromatic heterocycles. The Labute approximate surface area is 229 Å². The monoisotopic (exact) mass is 571 g/mol. The predicted molar refractivity (Wildman–Crippen MR) is 149 cm³/mol. The summed E-state index contributed by atoms with van der Waals surface area (Å²) in [6, 6.07) is 7.62. The first-order chi connectivity index (χ1) is 18.8. The Morgan fingerprint density at radius 2 is 1.87 bits per heavy atom. The van der Waals surface area contributed by atoms with Crippen molar-refractivity contribution in [1.29, 1.82) is 0 Å². The fourth-order valence-corrected chi connectivity index (χ4v) is 7.09. The Bertz CT molecular complexity index is 1640. The second-order valence-electron chi connectivity index (χ2n) is 9.68. The van der Waals surface area contributed by atoms with E-state index in [0.29, 0.717) is 57.3 Å². The third-order valence-corrected chi connectivity index (χ3v) is 9.53. The van der Waals surface area contributed by atoms with E-state index in [1.165, 1.54) is 15.2 Å². The van der Waals surface area contributed by atoms with Crippen LogP contribution in [0, 0.1) is 0 Å². The zero-order valence-electron chi connectivity index (χ0n) is 21.5. The maximum absolute atomic E-state index is 12.2. The highest BCUT2D eigenvalue weighted by Crippen LogP contribution is 2.36. The summed E-state index contributed by atoms with van der Waals surface area (Å²) in [4.78, 5) is 27.8. The number of morpholine rings is 1. The van der Waals surface area contributed by atoms with E-state index in [2.05, 4.69) is 21.0 Å². The fraction of sp³-hybridized carbons (Fsp3) is 0.440. The summed E-state index contributed by atoms with van der Waals surface area (Å²) in [6.07, 6.45) is 2.86. The smallest absolute Gasteiger partial charge is 0.273 e. The van der Waals surface area contributed by atoms with Crippen LogP contribution < -0.4 is 4.90 Å². The molecule has 206 valence electrons. The standard InChI is InChI=1S/C25H29N7O5S2/c1-39(35,36)31-7-5-29(6-8-31)15-17-13-20-23(38-17)25(30-9-11-37-12-10-30)28-24(27-20)18-3-2-4-21-19(18)14-26-32(21)22(34)16-33/h2-4,13-14,33H,5-12,15-16H2,1H3. The van der Waals surface area contributed by atoms with Gasteiger partial charge in [0.15, 0.2) is 11.6 Å². The van der Waals surface area contributed by atoms with Crippen LogP contribution in [-0.4, -0.2) is 114 Å². The van der Waals surface area contributed by atoms with Gasteiger partial charge in [-0.2, -0.15) is 14.1 Å².